The molecule has 0 saturated heterocycles. The van der Waals surface area contributed by atoms with Crippen LogP contribution in [0.25, 0.3) is 0 Å². The van der Waals surface area contributed by atoms with E-state index >= 15 is 0 Å². The van der Waals surface area contributed by atoms with Crippen molar-refractivity contribution >= 4 is 33.0 Å². The summed E-state index contributed by atoms with van der Waals surface area (Å²) in [5.74, 6) is 0. The third-order valence-corrected chi connectivity index (χ3v) is 5.25. The molecule has 0 spiro atoms. The molecular formula is C19H17ClN2O2S. The number of hydrogen-bond acceptors (Lipinski definition) is 3. The van der Waals surface area contributed by atoms with Crippen LogP contribution < -0.4 is 10.0 Å². The van der Waals surface area contributed by atoms with Gasteiger partial charge in [-0.2, -0.15) is 0 Å². The number of sulfonamides is 1. The van der Waals surface area contributed by atoms with Gasteiger partial charge in [0, 0.05) is 22.9 Å². The van der Waals surface area contributed by atoms with Gasteiger partial charge >= 0.3 is 0 Å². The maximum absolute atomic E-state index is 12.3. The molecule has 0 aromatic heterocycles. The largest absolute Gasteiger partial charge is 0.381 e. The molecule has 0 radical (unpaired) electrons. The van der Waals surface area contributed by atoms with Crippen molar-refractivity contribution in [3.05, 3.63) is 89.4 Å². The van der Waals surface area contributed by atoms with Gasteiger partial charge in [0.05, 0.1) is 4.90 Å². The van der Waals surface area contributed by atoms with Gasteiger partial charge in [-0.25, -0.2) is 8.42 Å². The number of anilines is 2. The lowest BCUT2D eigenvalue weighted by Gasteiger charge is -2.10. The second-order valence-corrected chi connectivity index (χ2v) is 7.59. The van der Waals surface area contributed by atoms with E-state index in [-0.39, 0.29) is 4.90 Å². The highest BCUT2D eigenvalue weighted by atomic mass is 35.5. The van der Waals surface area contributed by atoms with Crippen LogP contribution in [0.5, 0.6) is 0 Å². The molecule has 0 fully saturated rings. The van der Waals surface area contributed by atoms with Crippen molar-refractivity contribution < 1.29 is 8.42 Å². The van der Waals surface area contributed by atoms with Gasteiger partial charge in [-0.15, -0.1) is 0 Å². The Labute approximate surface area is 152 Å². The quantitative estimate of drug-likeness (QED) is 0.656. The van der Waals surface area contributed by atoms with Gasteiger partial charge in [0.25, 0.3) is 10.0 Å². The first kappa shape index (κ1) is 17.3. The number of benzene rings is 3. The van der Waals surface area contributed by atoms with E-state index in [1.807, 2.05) is 42.5 Å². The first-order valence-corrected chi connectivity index (χ1v) is 9.55. The first-order chi connectivity index (χ1) is 12.0. The SMILES string of the molecule is O=S(=O)(Nc1ccc(NCc2ccccc2)cc1)c1ccc(Cl)cc1. The maximum atomic E-state index is 12.3. The van der Waals surface area contributed by atoms with Gasteiger partial charge in [-0.3, -0.25) is 4.72 Å². The highest BCUT2D eigenvalue weighted by Gasteiger charge is 2.13. The molecule has 0 aliphatic rings. The third kappa shape index (κ3) is 4.75. The zero-order chi connectivity index (χ0) is 17.7. The lowest BCUT2D eigenvalue weighted by atomic mass is 10.2. The Morgan fingerprint density at radius 3 is 2.00 bits per heavy atom. The van der Waals surface area contributed by atoms with Crippen LogP contribution in [-0.4, -0.2) is 8.42 Å². The minimum atomic E-state index is -3.63. The molecule has 0 aliphatic carbocycles. The summed E-state index contributed by atoms with van der Waals surface area (Å²) in [5.41, 5.74) is 2.59. The van der Waals surface area contributed by atoms with Crippen LogP contribution in [0.1, 0.15) is 5.56 Å². The summed E-state index contributed by atoms with van der Waals surface area (Å²) in [6, 6.07) is 23.2. The molecule has 25 heavy (non-hydrogen) atoms. The Kier molecular flexibility index (Phi) is 5.26. The van der Waals surface area contributed by atoms with Crippen LogP contribution in [0.15, 0.2) is 83.8 Å². The number of rotatable bonds is 6. The van der Waals surface area contributed by atoms with Gasteiger partial charge in [0.2, 0.25) is 0 Å². The van der Waals surface area contributed by atoms with E-state index in [4.69, 9.17) is 11.6 Å². The fourth-order valence-corrected chi connectivity index (χ4v) is 3.47. The molecule has 0 aliphatic heterocycles. The van der Waals surface area contributed by atoms with E-state index in [0.717, 1.165) is 5.69 Å². The summed E-state index contributed by atoms with van der Waals surface area (Å²) in [5, 5.41) is 3.79. The van der Waals surface area contributed by atoms with E-state index in [1.165, 1.54) is 17.7 Å². The molecule has 0 amide bonds. The van der Waals surface area contributed by atoms with Crippen molar-refractivity contribution in [1.29, 1.82) is 0 Å². The topological polar surface area (TPSA) is 58.2 Å². The van der Waals surface area contributed by atoms with Crippen molar-refractivity contribution in [2.24, 2.45) is 0 Å². The van der Waals surface area contributed by atoms with Crippen LogP contribution in [0, 0.1) is 0 Å². The number of hydrogen-bond donors (Lipinski definition) is 2. The van der Waals surface area contributed by atoms with Gasteiger partial charge < -0.3 is 5.32 Å². The van der Waals surface area contributed by atoms with Crippen molar-refractivity contribution in [1.82, 2.24) is 0 Å². The van der Waals surface area contributed by atoms with Crippen LogP contribution in [-0.2, 0) is 16.6 Å². The van der Waals surface area contributed by atoms with Crippen molar-refractivity contribution in [2.45, 2.75) is 11.4 Å². The second kappa shape index (κ2) is 7.59. The molecular weight excluding hydrogens is 356 g/mol. The fourth-order valence-electron chi connectivity index (χ4n) is 2.28. The van der Waals surface area contributed by atoms with E-state index in [2.05, 4.69) is 10.0 Å². The molecule has 128 valence electrons. The Morgan fingerprint density at radius 2 is 1.36 bits per heavy atom. The number of halogens is 1. The van der Waals surface area contributed by atoms with E-state index in [1.54, 1.807) is 24.3 Å². The summed E-state index contributed by atoms with van der Waals surface area (Å²) in [6.07, 6.45) is 0. The van der Waals surface area contributed by atoms with Crippen LogP contribution in [0.3, 0.4) is 0 Å². The van der Waals surface area contributed by atoms with Gasteiger partial charge in [-0.05, 0) is 54.1 Å². The molecule has 4 nitrogen and oxygen atoms in total. The average Bonchev–Trinajstić information content (AvgIpc) is 2.62. The van der Waals surface area contributed by atoms with E-state index in [0.29, 0.717) is 17.3 Å². The summed E-state index contributed by atoms with van der Waals surface area (Å²) in [4.78, 5) is 0.170. The van der Waals surface area contributed by atoms with E-state index < -0.39 is 10.0 Å². The Hall–Kier alpha value is -2.50. The van der Waals surface area contributed by atoms with Crippen LogP contribution >= 0.6 is 11.6 Å². The zero-order valence-corrected chi connectivity index (χ0v) is 14.9. The summed E-state index contributed by atoms with van der Waals surface area (Å²) >= 11 is 5.79. The van der Waals surface area contributed by atoms with Crippen LogP contribution in [0.4, 0.5) is 11.4 Å². The highest BCUT2D eigenvalue weighted by molar-refractivity contribution is 7.92. The molecule has 3 rings (SSSR count). The Balaban J connectivity index is 1.65. The van der Waals surface area contributed by atoms with E-state index in [9.17, 15) is 8.42 Å². The molecule has 0 atom stereocenters. The molecule has 2 N–H and O–H groups in total. The van der Waals surface area contributed by atoms with Crippen molar-refractivity contribution in [2.75, 3.05) is 10.0 Å². The van der Waals surface area contributed by atoms with Crippen LogP contribution in [0.2, 0.25) is 5.02 Å². The normalized spacial score (nSPS) is 11.1. The summed E-state index contributed by atoms with van der Waals surface area (Å²) < 4.78 is 27.2. The summed E-state index contributed by atoms with van der Waals surface area (Å²) in [6.45, 7) is 0.705. The lowest BCUT2D eigenvalue weighted by Crippen LogP contribution is -2.12. The predicted molar refractivity (Wildman–Crippen MR) is 102 cm³/mol. The molecule has 6 heteroatoms. The Morgan fingerprint density at radius 1 is 0.760 bits per heavy atom. The minimum absolute atomic E-state index is 0.170. The molecule has 3 aromatic carbocycles. The standard InChI is InChI=1S/C19H17ClN2O2S/c20-16-6-12-19(13-7-16)25(23,24)22-18-10-8-17(9-11-18)21-14-15-4-2-1-3-5-15/h1-13,21-22H,14H2. The van der Waals surface area contributed by atoms with Crippen molar-refractivity contribution in [3.8, 4) is 0 Å². The maximum Gasteiger partial charge on any atom is 0.261 e. The first-order valence-electron chi connectivity index (χ1n) is 7.69. The minimum Gasteiger partial charge on any atom is -0.381 e. The predicted octanol–water partition coefficient (Wildman–Crippen LogP) is 4.75. The smallest absolute Gasteiger partial charge is 0.261 e. The summed E-state index contributed by atoms with van der Waals surface area (Å²) in [7, 11) is -3.63. The Bertz CT molecular complexity index is 925. The highest BCUT2D eigenvalue weighted by Crippen LogP contribution is 2.20. The molecule has 0 bridgehead atoms. The molecule has 3 aromatic rings. The monoisotopic (exact) mass is 372 g/mol. The fraction of sp³-hybridized carbons (Fsp3) is 0.0526. The molecule has 0 heterocycles. The van der Waals surface area contributed by atoms with Gasteiger partial charge in [0.15, 0.2) is 0 Å². The zero-order valence-electron chi connectivity index (χ0n) is 13.3. The van der Waals surface area contributed by atoms with Gasteiger partial charge in [0.1, 0.15) is 0 Å². The third-order valence-electron chi connectivity index (χ3n) is 3.60. The lowest BCUT2D eigenvalue weighted by molar-refractivity contribution is 0.601. The second-order valence-electron chi connectivity index (χ2n) is 5.48. The molecule has 0 saturated carbocycles. The number of nitrogens with one attached hydrogen (secondary N) is 2. The van der Waals surface area contributed by atoms with Crippen molar-refractivity contribution in [3.63, 3.8) is 0 Å². The molecule has 0 unspecified atom stereocenters. The average molecular weight is 373 g/mol. The van der Waals surface area contributed by atoms with Gasteiger partial charge in [-0.1, -0.05) is 41.9 Å².